The number of hydrogen-bond donors (Lipinski definition) is 1. The Morgan fingerprint density at radius 2 is 1.96 bits per heavy atom. The summed E-state index contributed by atoms with van der Waals surface area (Å²) in [6.45, 7) is 0. The molecular weight excluding hydrogens is 302 g/mol. The smallest absolute Gasteiger partial charge is 0.337 e. The number of carboxylic acids is 1. The van der Waals surface area contributed by atoms with E-state index in [1.54, 1.807) is 24.3 Å². The molecule has 0 aliphatic heterocycles. The number of aromatic nitrogens is 4. The zero-order valence-corrected chi connectivity index (χ0v) is 11.5. The van der Waals surface area contributed by atoms with E-state index in [1.807, 2.05) is 0 Å². The van der Waals surface area contributed by atoms with Gasteiger partial charge in [-0.2, -0.15) is 4.68 Å². The highest BCUT2D eigenvalue weighted by atomic mass is 16.6. The predicted molar refractivity (Wildman–Crippen MR) is 78.2 cm³/mol. The Morgan fingerprint density at radius 3 is 2.61 bits per heavy atom. The Hall–Kier alpha value is -3.62. The van der Waals surface area contributed by atoms with E-state index in [4.69, 9.17) is 0 Å². The first kappa shape index (κ1) is 14.3. The van der Waals surface area contributed by atoms with Crippen molar-refractivity contribution in [3.8, 4) is 16.8 Å². The summed E-state index contributed by atoms with van der Waals surface area (Å²) in [5.74, 6) is -1.15. The summed E-state index contributed by atoms with van der Waals surface area (Å²) in [4.78, 5) is 21.8. The second-order valence-corrected chi connectivity index (χ2v) is 4.60. The minimum absolute atomic E-state index is 0.0127. The molecule has 0 atom stereocenters. The summed E-state index contributed by atoms with van der Waals surface area (Å²) < 4.78 is 1.24. The summed E-state index contributed by atoms with van der Waals surface area (Å²) in [7, 11) is 0. The van der Waals surface area contributed by atoms with Gasteiger partial charge in [0, 0.05) is 12.1 Å². The highest BCUT2D eigenvalue weighted by Gasteiger charge is 2.15. The maximum atomic E-state index is 11.5. The quantitative estimate of drug-likeness (QED) is 0.576. The Bertz CT molecular complexity index is 892. The molecule has 1 heterocycles. The molecule has 0 radical (unpaired) electrons. The van der Waals surface area contributed by atoms with Crippen LogP contribution in [0.15, 0.2) is 48.8 Å². The van der Waals surface area contributed by atoms with Crippen molar-refractivity contribution in [3.63, 3.8) is 0 Å². The minimum Gasteiger partial charge on any atom is -0.478 e. The van der Waals surface area contributed by atoms with E-state index in [1.165, 1.54) is 29.2 Å². The molecule has 0 unspecified atom stereocenters. The summed E-state index contributed by atoms with van der Waals surface area (Å²) in [6, 6.07) is 10.6. The van der Waals surface area contributed by atoms with Crippen LogP contribution in [0.3, 0.4) is 0 Å². The molecule has 0 amide bonds. The Kier molecular flexibility index (Phi) is 3.51. The molecule has 2 aromatic carbocycles. The fourth-order valence-corrected chi connectivity index (χ4v) is 2.16. The van der Waals surface area contributed by atoms with Crippen LogP contribution in [0.2, 0.25) is 0 Å². The molecule has 114 valence electrons. The van der Waals surface area contributed by atoms with Crippen LogP contribution in [0, 0.1) is 10.1 Å². The number of nitro benzene ring substituents is 1. The highest BCUT2D eigenvalue weighted by molar-refractivity contribution is 5.93. The fraction of sp³-hybridized carbons (Fsp3) is 0. The largest absolute Gasteiger partial charge is 0.478 e. The van der Waals surface area contributed by atoms with Crippen molar-refractivity contribution in [3.05, 3.63) is 64.5 Å². The van der Waals surface area contributed by atoms with Crippen LogP contribution < -0.4 is 0 Å². The number of hydrogen-bond acceptors (Lipinski definition) is 6. The van der Waals surface area contributed by atoms with E-state index in [9.17, 15) is 20.0 Å². The van der Waals surface area contributed by atoms with Crippen LogP contribution in [-0.2, 0) is 0 Å². The number of nitro groups is 1. The first-order valence-electron chi connectivity index (χ1n) is 6.42. The fourth-order valence-electron chi connectivity index (χ4n) is 2.16. The number of non-ortho nitro benzene ring substituents is 1. The van der Waals surface area contributed by atoms with Crippen molar-refractivity contribution in [1.82, 2.24) is 20.2 Å². The zero-order chi connectivity index (χ0) is 16.4. The van der Waals surface area contributed by atoms with Crippen molar-refractivity contribution in [1.29, 1.82) is 0 Å². The maximum Gasteiger partial charge on any atom is 0.337 e. The number of carboxylic acid groups (broad SMARTS) is 1. The van der Waals surface area contributed by atoms with Gasteiger partial charge in [-0.25, -0.2) is 4.79 Å². The molecule has 23 heavy (non-hydrogen) atoms. The van der Waals surface area contributed by atoms with Gasteiger partial charge in [0.05, 0.1) is 16.2 Å². The molecule has 0 spiro atoms. The Balaban J connectivity index is 2.12. The van der Waals surface area contributed by atoms with Gasteiger partial charge >= 0.3 is 5.97 Å². The zero-order valence-electron chi connectivity index (χ0n) is 11.5. The number of benzene rings is 2. The number of carbonyl (C=O) groups is 1. The van der Waals surface area contributed by atoms with Gasteiger partial charge in [-0.3, -0.25) is 10.1 Å². The van der Waals surface area contributed by atoms with Crippen LogP contribution >= 0.6 is 0 Å². The molecular formula is C14H9N5O4. The van der Waals surface area contributed by atoms with Crippen molar-refractivity contribution in [2.45, 2.75) is 0 Å². The molecule has 9 nitrogen and oxygen atoms in total. The first-order valence-corrected chi connectivity index (χ1v) is 6.42. The van der Waals surface area contributed by atoms with Gasteiger partial charge in [0.15, 0.2) is 0 Å². The van der Waals surface area contributed by atoms with Crippen LogP contribution in [0.1, 0.15) is 10.4 Å². The third-order valence-corrected chi connectivity index (χ3v) is 3.21. The topological polar surface area (TPSA) is 124 Å². The standard InChI is InChI=1S/C14H9N5O4/c20-14(21)12-7-10(4-5-13(12)18-8-15-16-17-18)9-2-1-3-11(6-9)19(22)23/h1-8H,(H,20,21). The molecule has 3 rings (SSSR count). The normalized spacial score (nSPS) is 10.4. The Labute approximate surface area is 129 Å². The summed E-state index contributed by atoms with van der Waals surface area (Å²) in [6.07, 6.45) is 1.29. The molecule has 0 saturated carbocycles. The van der Waals surface area contributed by atoms with Crippen molar-refractivity contribution >= 4 is 11.7 Å². The summed E-state index contributed by atoms with van der Waals surface area (Å²) >= 11 is 0. The lowest BCUT2D eigenvalue weighted by atomic mass is 10.0. The van der Waals surface area contributed by atoms with E-state index >= 15 is 0 Å². The van der Waals surface area contributed by atoms with Gasteiger partial charge < -0.3 is 5.11 Å². The molecule has 0 aliphatic carbocycles. The van der Waals surface area contributed by atoms with Gasteiger partial charge in [0.25, 0.3) is 5.69 Å². The predicted octanol–water partition coefficient (Wildman–Crippen LogP) is 1.94. The van der Waals surface area contributed by atoms with Crippen molar-refractivity contribution < 1.29 is 14.8 Å². The molecule has 9 heteroatoms. The second-order valence-electron chi connectivity index (χ2n) is 4.60. The number of aromatic carboxylic acids is 1. The molecule has 0 aliphatic rings. The van der Waals surface area contributed by atoms with Gasteiger partial charge in [-0.1, -0.05) is 18.2 Å². The van der Waals surface area contributed by atoms with Gasteiger partial charge in [0.1, 0.15) is 6.33 Å². The number of rotatable bonds is 4. The number of tetrazole rings is 1. The maximum absolute atomic E-state index is 11.5. The van der Waals surface area contributed by atoms with Crippen LogP contribution in [0.4, 0.5) is 5.69 Å². The Morgan fingerprint density at radius 1 is 1.17 bits per heavy atom. The van der Waals surface area contributed by atoms with Crippen LogP contribution in [0.25, 0.3) is 16.8 Å². The third kappa shape index (κ3) is 2.75. The van der Waals surface area contributed by atoms with Gasteiger partial charge in [0.2, 0.25) is 0 Å². The average molecular weight is 311 g/mol. The summed E-state index contributed by atoms with van der Waals surface area (Å²) in [5.41, 5.74) is 1.31. The lowest BCUT2D eigenvalue weighted by Crippen LogP contribution is -2.06. The molecule has 0 saturated heterocycles. The van der Waals surface area contributed by atoms with E-state index in [0.29, 0.717) is 16.8 Å². The van der Waals surface area contributed by atoms with Gasteiger partial charge in [-0.05, 0) is 33.7 Å². The summed E-state index contributed by atoms with van der Waals surface area (Å²) in [5, 5.41) is 30.9. The van der Waals surface area contributed by atoms with E-state index in [0.717, 1.165) is 0 Å². The second kappa shape index (κ2) is 5.64. The first-order chi connectivity index (χ1) is 11.1. The monoisotopic (exact) mass is 311 g/mol. The average Bonchev–Trinajstić information content (AvgIpc) is 3.08. The molecule has 3 aromatic rings. The molecule has 1 aromatic heterocycles. The van der Waals surface area contributed by atoms with Crippen molar-refractivity contribution in [2.24, 2.45) is 0 Å². The molecule has 0 fully saturated rings. The lowest BCUT2D eigenvalue weighted by Gasteiger charge is -2.08. The lowest BCUT2D eigenvalue weighted by molar-refractivity contribution is -0.384. The van der Waals surface area contributed by atoms with Gasteiger partial charge in [-0.15, -0.1) is 5.10 Å². The molecule has 1 N–H and O–H groups in total. The third-order valence-electron chi connectivity index (χ3n) is 3.21. The SMILES string of the molecule is O=C(O)c1cc(-c2cccc([N+](=O)[O-])c2)ccc1-n1cnnn1. The van der Waals surface area contributed by atoms with E-state index in [2.05, 4.69) is 15.5 Å². The van der Waals surface area contributed by atoms with Crippen LogP contribution in [0.5, 0.6) is 0 Å². The van der Waals surface area contributed by atoms with E-state index < -0.39 is 10.9 Å². The molecule has 0 bridgehead atoms. The highest BCUT2D eigenvalue weighted by Crippen LogP contribution is 2.27. The van der Waals surface area contributed by atoms with Crippen LogP contribution in [-0.4, -0.2) is 36.2 Å². The van der Waals surface area contributed by atoms with Crippen molar-refractivity contribution in [2.75, 3.05) is 0 Å². The number of nitrogens with zero attached hydrogens (tertiary/aromatic N) is 5. The van der Waals surface area contributed by atoms with E-state index in [-0.39, 0.29) is 11.3 Å². The minimum atomic E-state index is -1.15.